The third kappa shape index (κ3) is 6.05. The van der Waals surface area contributed by atoms with E-state index in [9.17, 15) is 4.79 Å². The van der Waals surface area contributed by atoms with Gasteiger partial charge in [-0.05, 0) is 18.8 Å². The number of aldehydes is 1. The lowest BCUT2D eigenvalue weighted by atomic mass is 9.99. The molecule has 0 radical (unpaired) electrons. The van der Waals surface area contributed by atoms with E-state index in [0.29, 0.717) is 12.3 Å². The Hall–Kier alpha value is -0.370. The molecule has 0 heterocycles. The lowest BCUT2D eigenvalue weighted by Crippen LogP contribution is -2.07. The fourth-order valence-corrected chi connectivity index (χ4v) is 1.26. The van der Waals surface area contributed by atoms with Crippen molar-refractivity contribution < 1.29 is 9.53 Å². The summed E-state index contributed by atoms with van der Waals surface area (Å²) in [6.45, 7) is 2.95. The van der Waals surface area contributed by atoms with E-state index in [1.165, 1.54) is 12.8 Å². The summed E-state index contributed by atoms with van der Waals surface area (Å²) in [5.74, 6) is 0.579. The van der Waals surface area contributed by atoms with Crippen LogP contribution in [0.1, 0.15) is 32.6 Å². The molecule has 0 N–H and O–H groups in total. The van der Waals surface area contributed by atoms with Crippen LogP contribution in [0.15, 0.2) is 0 Å². The van der Waals surface area contributed by atoms with Gasteiger partial charge in [0.2, 0.25) is 0 Å². The first-order chi connectivity index (χ1) is 5.35. The number of carbonyl (C=O) groups excluding carboxylic acids is 1. The minimum absolute atomic E-state index is 0.579. The van der Waals surface area contributed by atoms with Crippen LogP contribution in [-0.4, -0.2) is 20.0 Å². The molecule has 2 heteroatoms. The SMILES string of the molecule is CCCC(CCC=O)COC. The summed E-state index contributed by atoms with van der Waals surface area (Å²) < 4.78 is 5.04. The van der Waals surface area contributed by atoms with Gasteiger partial charge in [-0.15, -0.1) is 0 Å². The Morgan fingerprint density at radius 1 is 1.45 bits per heavy atom. The molecule has 0 fully saturated rings. The molecule has 66 valence electrons. The molecule has 2 nitrogen and oxygen atoms in total. The number of carbonyl (C=O) groups is 1. The van der Waals surface area contributed by atoms with Gasteiger partial charge in [-0.2, -0.15) is 0 Å². The van der Waals surface area contributed by atoms with Crippen LogP contribution in [0.25, 0.3) is 0 Å². The number of ether oxygens (including phenoxy) is 1. The molecule has 0 rings (SSSR count). The highest BCUT2D eigenvalue weighted by molar-refractivity contribution is 5.49. The van der Waals surface area contributed by atoms with Crippen LogP contribution >= 0.6 is 0 Å². The third-order valence-corrected chi connectivity index (χ3v) is 1.79. The molecule has 0 aromatic carbocycles. The molecule has 0 aliphatic heterocycles. The highest BCUT2D eigenvalue weighted by atomic mass is 16.5. The third-order valence-electron chi connectivity index (χ3n) is 1.79. The maximum Gasteiger partial charge on any atom is 0.120 e. The van der Waals surface area contributed by atoms with Crippen LogP contribution in [0.2, 0.25) is 0 Å². The highest BCUT2D eigenvalue weighted by Crippen LogP contribution is 2.12. The van der Waals surface area contributed by atoms with Gasteiger partial charge >= 0.3 is 0 Å². The molecule has 1 unspecified atom stereocenters. The molecular weight excluding hydrogens is 140 g/mol. The average molecular weight is 158 g/mol. The van der Waals surface area contributed by atoms with E-state index in [1.807, 2.05) is 0 Å². The Morgan fingerprint density at radius 3 is 2.64 bits per heavy atom. The molecule has 0 saturated heterocycles. The second kappa shape index (κ2) is 7.73. The van der Waals surface area contributed by atoms with Crippen LogP contribution in [0.3, 0.4) is 0 Å². The lowest BCUT2D eigenvalue weighted by molar-refractivity contribution is -0.108. The number of hydrogen-bond acceptors (Lipinski definition) is 2. The van der Waals surface area contributed by atoms with E-state index in [4.69, 9.17) is 4.74 Å². The molecular formula is C9H18O2. The minimum Gasteiger partial charge on any atom is -0.384 e. The Labute approximate surface area is 68.9 Å². The first-order valence-corrected chi connectivity index (χ1v) is 4.27. The average Bonchev–Trinajstić information content (AvgIpc) is 2.01. The fraction of sp³-hybridized carbons (Fsp3) is 0.889. The zero-order chi connectivity index (χ0) is 8.53. The predicted molar refractivity (Wildman–Crippen MR) is 45.6 cm³/mol. The van der Waals surface area contributed by atoms with Crippen molar-refractivity contribution in [1.82, 2.24) is 0 Å². The molecule has 0 bridgehead atoms. The molecule has 0 aliphatic carbocycles. The van der Waals surface area contributed by atoms with Crippen LogP contribution < -0.4 is 0 Å². The highest BCUT2D eigenvalue weighted by Gasteiger charge is 2.05. The summed E-state index contributed by atoms with van der Waals surface area (Å²) in [7, 11) is 1.71. The van der Waals surface area contributed by atoms with E-state index >= 15 is 0 Å². The fourth-order valence-electron chi connectivity index (χ4n) is 1.26. The van der Waals surface area contributed by atoms with Crippen molar-refractivity contribution in [3.63, 3.8) is 0 Å². The molecule has 0 aromatic rings. The maximum atomic E-state index is 10.1. The smallest absolute Gasteiger partial charge is 0.120 e. The molecule has 0 amide bonds. The van der Waals surface area contributed by atoms with Gasteiger partial charge in [0, 0.05) is 20.1 Å². The first kappa shape index (κ1) is 10.6. The Bertz CT molecular complexity index is 85.6. The van der Waals surface area contributed by atoms with Crippen LogP contribution in [0.4, 0.5) is 0 Å². The number of hydrogen-bond donors (Lipinski definition) is 0. The molecule has 1 atom stereocenters. The van der Waals surface area contributed by atoms with Crippen LogP contribution in [0, 0.1) is 5.92 Å². The lowest BCUT2D eigenvalue weighted by Gasteiger charge is -2.12. The number of methoxy groups -OCH3 is 1. The van der Waals surface area contributed by atoms with Crippen LogP contribution in [0.5, 0.6) is 0 Å². The van der Waals surface area contributed by atoms with Gasteiger partial charge < -0.3 is 9.53 Å². The summed E-state index contributed by atoms with van der Waals surface area (Å²) in [5, 5.41) is 0. The van der Waals surface area contributed by atoms with Crippen molar-refractivity contribution in [1.29, 1.82) is 0 Å². The predicted octanol–water partition coefficient (Wildman–Crippen LogP) is 2.03. The van der Waals surface area contributed by atoms with Crippen molar-refractivity contribution in [2.75, 3.05) is 13.7 Å². The molecule has 0 aliphatic rings. The number of rotatable bonds is 7. The van der Waals surface area contributed by atoms with Gasteiger partial charge in [0.1, 0.15) is 6.29 Å². The second-order valence-corrected chi connectivity index (χ2v) is 2.85. The summed E-state index contributed by atoms with van der Waals surface area (Å²) in [5.41, 5.74) is 0. The zero-order valence-electron chi connectivity index (χ0n) is 7.51. The Kier molecular flexibility index (Phi) is 7.47. The van der Waals surface area contributed by atoms with Crippen molar-refractivity contribution in [2.24, 2.45) is 5.92 Å². The quantitative estimate of drug-likeness (QED) is 0.530. The van der Waals surface area contributed by atoms with Crippen molar-refractivity contribution in [3.05, 3.63) is 0 Å². The van der Waals surface area contributed by atoms with E-state index in [1.54, 1.807) is 7.11 Å². The van der Waals surface area contributed by atoms with Crippen molar-refractivity contribution in [2.45, 2.75) is 32.6 Å². The van der Waals surface area contributed by atoms with E-state index in [2.05, 4.69) is 6.92 Å². The normalized spacial score (nSPS) is 12.9. The van der Waals surface area contributed by atoms with E-state index < -0.39 is 0 Å². The molecule has 0 saturated carbocycles. The summed E-state index contributed by atoms with van der Waals surface area (Å²) in [6, 6.07) is 0. The molecule has 0 aromatic heterocycles. The standard InChI is InChI=1S/C9H18O2/c1-3-5-9(8-11-2)6-4-7-10/h7,9H,3-6,8H2,1-2H3. The molecule has 0 spiro atoms. The van der Waals surface area contributed by atoms with Gasteiger partial charge in [0.15, 0.2) is 0 Å². The summed E-state index contributed by atoms with van der Waals surface area (Å²) >= 11 is 0. The summed E-state index contributed by atoms with van der Waals surface area (Å²) in [6.07, 6.45) is 4.98. The monoisotopic (exact) mass is 158 g/mol. The van der Waals surface area contributed by atoms with Gasteiger partial charge in [0.05, 0.1) is 0 Å². The van der Waals surface area contributed by atoms with Gasteiger partial charge in [-0.3, -0.25) is 0 Å². The van der Waals surface area contributed by atoms with Gasteiger partial charge in [-0.25, -0.2) is 0 Å². The second-order valence-electron chi connectivity index (χ2n) is 2.85. The van der Waals surface area contributed by atoms with E-state index in [0.717, 1.165) is 19.3 Å². The topological polar surface area (TPSA) is 26.3 Å². The minimum atomic E-state index is 0.579. The molecule has 11 heavy (non-hydrogen) atoms. The van der Waals surface area contributed by atoms with Crippen molar-refractivity contribution >= 4 is 6.29 Å². The van der Waals surface area contributed by atoms with Gasteiger partial charge in [0.25, 0.3) is 0 Å². The largest absolute Gasteiger partial charge is 0.384 e. The first-order valence-electron chi connectivity index (χ1n) is 4.27. The Balaban J connectivity index is 3.41. The summed E-state index contributed by atoms with van der Waals surface area (Å²) in [4.78, 5) is 10.1. The van der Waals surface area contributed by atoms with E-state index in [-0.39, 0.29) is 0 Å². The van der Waals surface area contributed by atoms with Gasteiger partial charge in [-0.1, -0.05) is 13.3 Å². The zero-order valence-corrected chi connectivity index (χ0v) is 7.51. The van der Waals surface area contributed by atoms with Crippen LogP contribution in [-0.2, 0) is 9.53 Å². The van der Waals surface area contributed by atoms with Crippen molar-refractivity contribution in [3.8, 4) is 0 Å². The maximum absolute atomic E-state index is 10.1. The Morgan fingerprint density at radius 2 is 2.18 bits per heavy atom.